The van der Waals surface area contributed by atoms with Crippen molar-refractivity contribution in [1.82, 2.24) is 4.98 Å². The van der Waals surface area contributed by atoms with E-state index in [1.54, 1.807) is 18.3 Å². The zero-order chi connectivity index (χ0) is 15.2. The summed E-state index contributed by atoms with van der Waals surface area (Å²) in [7, 11) is 0. The number of fused-ring (bicyclic) bond motifs is 1. The first kappa shape index (κ1) is 17.3. The average Bonchev–Trinajstić information content (AvgIpc) is 2.89. The molecule has 3 rings (SSSR count). The highest BCUT2D eigenvalue weighted by molar-refractivity contribution is 7.19. The Morgan fingerprint density at radius 3 is 2.45 bits per heavy atom. The molecule has 0 atom stereocenters. The summed E-state index contributed by atoms with van der Waals surface area (Å²) in [6.45, 7) is 10.5. The minimum Gasteiger partial charge on any atom is -0.710 e. The quantitative estimate of drug-likeness (QED) is 0.582. The maximum absolute atomic E-state index is 12.3. The maximum Gasteiger partial charge on any atom is 0.301 e. The Balaban J connectivity index is 0.00000176. The van der Waals surface area contributed by atoms with Gasteiger partial charge in [0.15, 0.2) is 5.52 Å². The number of piperidine rings is 1. The lowest BCUT2D eigenvalue weighted by molar-refractivity contribution is -0.587. The number of anilines is 1. The lowest BCUT2D eigenvalue weighted by Gasteiger charge is -2.25. The molecule has 122 valence electrons. The molecule has 2 aromatic rings. The molecule has 0 spiro atoms. The topological polar surface area (TPSA) is 43.1 Å². The van der Waals surface area contributed by atoms with E-state index in [2.05, 4.69) is 36.7 Å². The molecule has 0 unspecified atom stereocenters. The monoisotopic (exact) mass is 341 g/mol. The lowest BCUT2D eigenvalue weighted by atomic mass is 9.95. The van der Waals surface area contributed by atoms with Crippen LogP contribution in [0.4, 0.5) is 5.82 Å². The Morgan fingerprint density at radius 1 is 1.23 bits per heavy atom. The fourth-order valence-electron chi connectivity index (χ4n) is 2.81. The molecule has 0 aromatic carbocycles. The minimum absolute atomic E-state index is 0. The van der Waals surface area contributed by atoms with Crippen LogP contribution >= 0.6 is 23.7 Å². The number of thiophene rings is 1. The second-order valence-electron chi connectivity index (χ2n) is 6.90. The number of halogens is 1. The summed E-state index contributed by atoms with van der Waals surface area (Å²) >= 11 is 1.72. The van der Waals surface area contributed by atoms with E-state index in [9.17, 15) is 5.21 Å². The van der Waals surface area contributed by atoms with Gasteiger partial charge in [0.25, 0.3) is 5.82 Å². The standard InChI is InChI=1S/C16H23N3OS.ClH/c1-11-17-15(18-8-6-5-7-9-18)14-12(19(11)20)10-13(21-14)16(2,3)4;/h10H,5-9H2,1-4H3;1H. The van der Waals surface area contributed by atoms with Crippen LogP contribution in [-0.4, -0.2) is 18.1 Å². The van der Waals surface area contributed by atoms with E-state index < -0.39 is 0 Å². The van der Waals surface area contributed by atoms with Gasteiger partial charge in [-0.15, -0.1) is 23.7 Å². The summed E-state index contributed by atoms with van der Waals surface area (Å²) in [6, 6.07) is 2.05. The van der Waals surface area contributed by atoms with Gasteiger partial charge in [-0.25, -0.2) is 4.73 Å². The molecule has 1 aliphatic heterocycles. The SMILES string of the molecule is Cc1nc(N2CCCCC2)c2sc(C(C)(C)C)cc2[n+]1[O-].Cl. The molecule has 2 aromatic heterocycles. The van der Waals surface area contributed by atoms with E-state index in [0.717, 1.165) is 33.9 Å². The first-order valence-corrected chi connectivity index (χ1v) is 8.49. The van der Waals surface area contributed by atoms with Gasteiger partial charge in [-0.05, 0) is 29.7 Å². The number of nitrogens with zero attached hydrogens (tertiary/aromatic N) is 3. The smallest absolute Gasteiger partial charge is 0.301 e. The van der Waals surface area contributed by atoms with Gasteiger partial charge in [-0.2, -0.15) is 0 Å². The van der Waals surface area contributed by atoms with Crippen LogP contribution < -0.4 is 9.63 Å². The van der Waals surface area contributed by atoms with Crippen LogP contribution in [0.15, 0.2) is 6.07 Å². The number of aromatic nitrogens is 2. The average molecular weight is 342 g/mol. The second kappa shape index (κ2) is 6.20. The number of rotatable bonds is 1. The Bertz CT molecular complexity index is 672. The van der Waals surface area contributed by atoms with Gasteiger partial charge < -0.3 is 10.1 Å². The highest BCUT2D eigenvalue weighted by Crippen LogP contribution is 2.37. The number of aryl methyl sites for hydroxylation is 1. The molecule has 22 heavy (non-hydrogen) atoms. The van der Waals surface area contributed by atoms with Crippen LogP contribution in [0.5, 0.6) is 0 Å². The Kier molecular flexibility index (Phi) is 4.87. The van der Waals surface area contributed by atoms with Crippen molar-refractivity contribution >= 4 is 39.8 Å². The second-order valence-corrected chi connectivity index (χ2v) is 7.95. The van der Waals surface area contributed by atoms with Crippen molar-refractivity contribution in [3.63, 3.8) is 0 Å². The summed E-state index contributed by atoms with van der Waals surface area (Å²) < 4.78 is 2.02. The van der Waals surface area contributed by atoms with Crippen molar-refractivity contribution in [2.45, 2.75) is 52.4 Å². The molecule has 1 fully saturated rings. The van der Waals surface area contributed by atoms with E-state index in [-0.39, 0.29) is 17.8 Å². The molecular formula is C16H24ClN3OS. The van der Waals surface area contributed by atoms with Gasteiger partial charge in [0.05, 0.1) is 0 Å². The predicted octanol–water partition coefficient (Wildman–Crippen LogP) is 3.95. The van der Waals surface area contributed by atoms with Crippen molar-refractivity contribution in [1.29, 1.82) is 0 Å². The maximum atomic E-state index is 12.3. The van der Waals surface area contributed by atoms with E-state index in [4.69, 9.17) is 0 Å². The van der Waals surface area contributed by atoms with Crippen LogP contribution in [0.1, 0.15) is 50.7 Å². The van der Waals surface area contributed by atoms with E-state index in [0.29, 0.717) is 5.82 Å². The van der Waals surface area contributed by atoms with Crippen LogP contribution in [0.3, 0.4) is 0 Å². The molecule has 0 saturated carbocycles. The molecule has 0 aliphatic carbocycles. The normalized spacial score (nSPS) is 15.9. The Hall–Kier alpha value is -1.07. The number of hydrogen-bond donors (Lipinski definition) is 0. The molecular weight excluding hydrogens is 318 g/mol. The van der Waals surface area contributed by atoms with Crippen molar-refractivity contribution in [2.75, 3.05) is 18.0 Å². The summed E-state index contributed by atoms with van der Waals surface area (Å²) in [5.41, 5.74) is 0.835. The summed E-state index contributed by atoms with van der Waals surface area (Å²) in [5.74, 6) is 1.55. The van der Waals surface area contributed by atoms with E-state index >= 15 is 0 Å². The minimum atomic E-state index is 0. The first-order valence-electron chi connectivity index (χ1n) is 7.67. The van der Waals surface area contributed by atoms with Crippen LogP contribution in [-0.2, 0) is 5.41 Å². The van der Waals surface area contributed by atoms with Crippen LogP contribution in [0, 0.1) is 12.1 Å². The van der Waals surface area contributed by atoms with E-state index in [1.165, 1.54) is 24.1 Å². The molecule has 0 radical (unpaired) electrons. The third kappa shape index (κ3) is 3.01. The van der Waals surface area contributed by atoms with Gasteiger partial charge in [-0.1, -0.05) is 20.8 Å². The molecule has 6 heteroatoms. The van der Waals surface area contributed by atoms with Gasteiger partial charge in [0.1, 0.15) is 4.70 Å². The van der Waals surface area contributed by atoms with Gasteiger partial charge in [0, 0.05) is 31.0 Å². The van der Waals surface area contributed by atoms with Gasteiger partial charge >= 0.3 is 5.82 Å². The third-order valence-electron chi connectivity index (χ3n) is 4.09. The van der Waals surface area contributed by atoms with Gasteiger partial charge in [0.2, 0.25) is 0 Å². The predicted molar refractivity (Wildman–Crippen MR) is 95.3 cm³/mol. The van der Waals surface area contributed by atoms with Crippen molar-refractivity contribution in [2.24, 2.45) is 0 Å². The molecule has 4 nitrogen and oxygen atoms in total. The fourth-order valence-corrected chi connectivity index (χ4v) is 4.01. The molecule has 1 aliphatic rings. The van der Waals surface area contributed by atoms with Gasteiger partial charge in [-0.3, -0.25) is 0 Å². The zero-order valence-corrected chi connectivity index (χ0v) is 15.3. The third-order valence-corrected chi connectivity index (χ3v) is 5.64. The zero-order valence-electron chi connectivity index (χ0n) is 13.7. The molecule has 1 saturated heterocycles. The lowest BCUT2D eigenvalue weighted by Crippen LogP contribution is -2.36. The van der Waals surface area contributed by atoms with Crippen molar-refractivity contribution < 1.29 is 4.73 Å². The summed E-state index contributed by atoms with van der Waals surface area (Å²) in [4.78, 5) is 8.20. The van der Waals surface area contributed by atoms with Crippen LogP contribution in [0.2, 0.25) is 0 Å². The number of hydrogen-bond acceptors (Lipinski definition) is 4. The van der Waals surface area contributed by atoms with Crippen LogP contribution in [0.25, 0.3) is 10.2 Å². The Labute approximate surface area is 142 Å². The molecule has 0 amide bonds. The van der Waals surface area contributed by atoms with E-state index in [1.807, 2.05) is 0 Å². The molecule has 0 N–H and O–H groups in total. The van der Waals surface area contributed by atoms with Crippen molar-refractivity contribution in [3.8, 4) is 0 Å². The van der Waals surface area contributed by atoms with Crippen molar-refractivity contribution in [3.05, 3.63) is 22.0 Å². The highest BCUT2D eigenvalue weighted by atomic mass is 35.5. The largest absolute Gasteiger partial charge is 0.710 e. The summed E-state index contributed by atoms with van der Waals surface area (Å²) in [6.07, 6.45) is 3.72. The molecule has 3 heterocycles. The summed E-state index contributed by atoms with van der Waals surface area (Å²) in [5, 5.41) is 12.3. The first-order chi connectivity index (χ1) is 9.88. The Morgan fingerprint density at radius 2 is 1.86 bits per heavy atom. The fraction of sp³-hybridized carbons (Fsp3) is 0.625. The highest BCUT2D eigenvalue weighted by Gasteiger charge is 2.27. The molecule has 0 bridgehead atoms.